The van der Waals surface area contributed by atoms with Crippen molar-refractivity contribution in [1.82, 2.24) is 5.32 Å². The molecule has 0 fully saturated rings. The molecule has 2 aromatic carbocycles. The number of hydrogen-bond donors (Lipinski definition) is 1. The number of aryl methyl sites for hydroxylation is 4. The minimum Gasteiger partial charge on any atom is -0.306 e. The number of hydrogen-bond acceptors (Lipinski definition) is 1. The van der Waals surface area contributed by atoms with Crippen molar-refractivity contribution >= 4 is 15.9 Å². The quantitative estimate of drug-likeness (QED) is 0.783. The van der Waals surface area contributed by atoms with Crippen LogP contribution in [0.4, 0.5) is 0 Å². The summed E-state index contributed by atoms with van der Waals surface area (Å²) in [6, 6.07) is 11.4. The summed E-state index contributed by atoms with van der Waals surface area (Å²) in [5.74, 6) is 0. The monoisotopic (exact) mass is 345 g/mol. The molecule has 112 valence electrons. The van der Waals surface area contributed by atoms with Gasteiger partial charge in [0.15, 0.2) is 0 Å². The highest BCUT2D eigenvalue weighted by Crippen LogP contribution is 2.32. The lowest BCUT2D eigenvalue weighted by atomic mass is 9.91. The van der Waals surface area contributed by atoms with Crippen molar-refractivity contribution in [2.75, 3.05) is 6.54 Å². The normalized spacial score (nSPS) is 12.5. The first-order valence-electron chi connectivity index (χ1n) is 7.51. The van der Waals surface area contributed by atoms with Crippen LogP contribution in [0, 0.1) is 27.7 Å². The van der Waals surface area contributed by atoms with Gasteiger partial charge in [-0.25, -0.2) is 0 Å². The Bertz CT molecular complexity index is 646. The summed E-state index contributed by atoms with van der Waals surface area (Å²) < 4.78 is 1.16. The first kappa shape index (κ1) is 16.3. The van der Waals surface area contributed by atoms with Crippen molar-refractivity contribution in [3.63, 3.8) is 0 Å². The summed E-state index contributed by atoms with van der Waals surface area (Å²) in [6.45, 7) is 11.8. The second-order valence-electron chi connectivity index (χ2n) is 5.81. The van der Waals surface area contributed by atoms with E-state index in [-0.39, 0.29) is 6.04 Å². The molecule has 1 atom stereocenters. The van der Waals surface area contributed by atoms with Crippen LogP contribution in [0.2, 0.25) is 0 Å². The van der Waals surface area contributed by atoms with Gasteiger partial charge in [0.25, 0.3) is 0 Å². The molecule has 0 saturated heterocycles. The molecule has 0 aliphatic heterocycles. The van der Waals surface area contributed by atoms with Gasteiger partial charge in [0.2, 0.25) is 0 Å². The minimum atomic E-state index is 0.226. The molecule has 1 nitrogen and oxygen atoms in total. The molecule has 21 heavy (non-hydrogen) atoms. The van der Waals surface area contributed by atoms with Gasteiger partial charge in [0.05, 0.1) is 6.04 Å². The number of rotatable bonds is 4. The SMILES string of the molecule is CCNC(c1cc(C)c(C)cc1C)c1cc(C)ccc1Br. The van der Waals surface area contributed by atoms with Gasteiger partial charge in [-0.05, 0) is 68.1 Å². The van der Waals surface area contributed by atoms with Crippen LogP contribution in [0.25, 0.3) is 0 Å². The zero-order valence-electron chi connectivity index (χ0n) is 13.5. The van der Waals surface area contributed by atoms with Gasteiger partial charge >= 0.3 is 0 Å². The molecule has 0 aliphatic carbocycles. The largest absolute Gasteiger partial charge is 0.306 e. The van der Waals surface area contributed by atoms with Gasteiger partial charge in [0.1, 0.15) is 0 Å². The summed E-state index contributed by atoms with van der Waals surface area (Å²) in [5.41, 5.74) is 8.02. The highest BCUT2D eigenvalue weighted by atomic mass is 79.9. The average Bonchev–Trinajstić information content (AvgIpc) is 2.43. The van der Waals surface area contributed by atoms with Crippen molar-refractivity contribution in [3.8, 4) is 0 Å². The third kappa shape index (κ3) is 3.56. The van der Waals surface area contributed by atoms with Crippen molar-refractivity contribution < 1.29 is 0 Å². The molecule has 1 N–H and O–H groups in total. The highest BCUT2D eigenvalue weighted by Gasteiger charge is 2.18. The molecule has 2 heteroatoms. The molecule has 0 spiro atoms. The van der Waals surface area contributed by atoms with Gasteiger partial charge in [-0.15, -0.1) is 0 Å². The van der Waals surface area contributed by atoms with Gasteiger partial charge < -0.3 is 5.32 Å². The first-order chi connectivity index (χ1) is 9.93. The molecule has 2 aromatic rings. The van der Waals surface area contributed by atoms with E-state index in [1.165, 1.54) is 33.4 Å². The van der Waals surface area contributed by atoms with Crippen molar-refractivity contribution in [1.29, 1.82) is 0 Å². The maximum absolute atomic E-state index is 3.72. The second-order valence-corrected chi connectivity index (χ2v) is 6.66. The van der Waals surface area contributed by atoms with E-state index in [0.717, 1.165) is 11.0 Å². The molecular formula is C19H24BrN. The van der Waals surface area contributed by atoms with Crippen LogP contribution < -0.4 is 5.32 Å². The fourth-order valence-corrected chi connectivity index (χ4v) is 3.25. The summed E-state index contributed by atoms with van der Waals surface area (Å²) in [4.78, 5) is 0. The highest BCUT2D eigenvalue weighted by molar-refractivity contribution is 9.10. The summed E-state index contributed by atoms with van der Waals surface area (Å²) in [5, 5.41) is 3.64. The summed E-state index contributed by atoms with van der Waals surface area (Å²) >= 11 is 3.72. The van der Waals surface area contributed by atoms with Crippen LogP contribution in [0.5, 0.6) is 0 Å². The van der Waals surface area contributed by atoms with E-state index < -0.39 is 0 Å². The fraction of sp³-hybridized carbons (Fsp3) is 0.368. The third-order valence-corrected chi connectivity index (χ3v) is 4.79. The molecule has 0 heterocycles. The summed E-state index contributed by atoms with van der Waals surface area (Å²) in [7, 11) is 0. The predicted molar refractivity (Wildman–Crippen MR) is 95.1 cm³/mol. The average molecular weight is 346 g/mol. The second kappa shape index (κ2) is 6.76. The fourth-order valence-electron chi connectivity index (χ4n) is 2.77. The van der Waals surface area contributed by atoms with Crippen LogP contribution >= 0.6 is 15.9 Å². The maximum atomic E-state index is 3.72. The van der Waals surface area contributed by atoms with Crippen LogP contribution in [-0.4, -0.2) is 6.54 Å². The smallest absolute Gasteiger partial charge is 0.0590 e. The Morgan fingerprint density at radius 1 is 0.905 bits per heavy atom. The Kier molecular flexibility index (Phi) is 5.23. The number of halogens is 1. The zero-order valence-corrected chi connectivity index (χ0v) is 15.1. The van der Waals surface area contributed by atoms with Gasteiger partial charge in [0, 0.05) is 4.47 Å². The standard InChI is InChI=1S/C19H24BrN/c1-6-21-19(17-9-12(2)7-8-18(17)20)16-11-14(4)13(3)10-15(16)5/h7-11,19,21H,6H2,1-5H3. The molecular weight excluding hydrogens is 322 g/mol. The number of benzene rings is 2. The van der Waals surface area contributed by atoms with E-state index in [0.29, 0.717) is 0 Å². The van der Waals surface area contributed by atoms with E-state index in [1.54, 1.807) is 0 Å². The van der Waals surface area contributed by atoms with E-state index in [4.69, 9.17) is 0 Å². The van der Waals surface area contributed by atoms with Crippen LogP contribution in [0.15, 0.2) is 34.8 Å². The van der Waals surface area contributed by atoms with E-state index in [2.05, 4.69) is 86.2 Å². The lowest BCUT2D eigenvalue weighted by molar-refractivity contribution is 0.624. The first-order valence-corrected chi connectivity index (χ1v) is 8.30. The summed E-state index contributed by atoms with van der Waals surface area (Å²) in [6.07, 6.45) is 0. The van der Waals surface area contributed by atoms with E-state index >= 15 is 0 Å². The Morgan fingerprint density at radius 2 is 1.57 bits per heavy atom. The van der Waals surface area contributed by atoms with Gasteiger partial charge in [-0.1, -0.05) is 52.7 Å². The van der Waals surface area contributed by atoms with Crippen LogP contribution in [0.1, 0.15) is 46.3 Å². The van der Waals surface area contributed by atoms with Gasteiger partial charge in [-0.2, -0.15) is 0 Å². The topological polar surface area (TPSA) is 12.0 Å². The molecule has 0 aliphatic rings. The van der Waals surface area contributed by atoms with Crippen molar-refractivity contribution in [2.45, 2.75) is 40.7 Å². The van der Waals surface area contributed by atoms with Gasteiger partial charge in [-0.3, -0.25) is 0 Å². The molecule has 1 unspecified atom stereocenters. The molecule has 0 saturated carbocycles. The molecule has 0 radical (unpaired) electrons. The Morgan fingerprint density at radius 3 is 2.24 bits per heavy atom. The third-order valence-electron chi connectivity index (χ3n) is 4.06. The lowest BCUT2D eigenvalue weighted by Crippen LogP contribution is -2.23. The molecule has 0 amide bonds. The molecule has 2 rings (SSSR count). The lowest BCUT2D eigenvalue weighted by Gasteiger charge is -2.24. The van der Waals surface area contributed by atoms with E-state index in [9.17, 15) is 0 Å². The zero-order chi connectivity index (χ0) is 15.6. The Hall–Kier alpha value is -1.12. The number of nitrogens with one attached hydrogen (secondary N) is 1. The van der Waals surface area contributed by atoms with Crippen molar-refractivity contribution in [2.24, 2.45) is 0 Å². The molecule has 0 aromatic heterocycles. The minimum absolute atomic E-state index is 0.226. The van der Waals surface area contributed by atoms with E-state index in [1.807, 2.05) is 0 Å². The predicted octanol–water partition coefficient (Wildman–Crippen LogP) is 5.38. The van der Waals surface area contributed by atoms with Crippen molar-refractivity contribution in [3.05, 3.63) is 68.2 Å². The van der Waals surface area contributed by atoms with Crippen LogP contribution in [0.3, 0.4) is 0 Å². The van der Waals surface area contributed by atoms with Crippen LogP contribution in [-0.2, 0) is 0 Å². The molecule has 0 bridgehead atoms. The Labute approximate surface area is 136 Å². The maximum Gasteiger partial charge on any atom is 0.0590 e. The Balaban J connectivity index is 2.58.